The highest BCUT2D eigenvalue weighted by atomic mass is 32.2. The minimum absolute atomic E-state index is 0.0891. The molecule has 222 valence electrons. The van der Waals surface area contributed by atoms with Crippen LogP contribution in [0.3, 0.4) is 0 Å². The van der Waals surface area contributed by atoms with Crippen molar-refractivity contribution in [2.45, 2.75) is 38.1 Å². The smallest absolute Gasteiger partial charge is 0.322 e. The Hall–Kier alpha value is -4.57. The van der Waals surface area contributed by atoms with Crippen LogP contribution in [0.25, 0.3) is 11.1 Å². The first-order chi connectivity index (χ1) is 20.8. The fraction of sp³-hybridized carbons (Fsp3) is 0.273. The molecule has 5 rings (SSSR count). The number of carboxylic acids is 1. The van der Waals surface area contributed by atoms with Gasteiger partial charge in [-0.2, -0.15) is 5.10 Å². The molecule has 4 aromatic rings. The molecule has 1 aromatic heterocycles. The van der Waals surface area contributed by atoms with E-state index in [9.17, 15) is 14.4 Å². The number of aryl methyl sites for hydroxylation is 1. The first kappa shape index (κ1) is 29.9. The average molecular weight is 599 g/mol. The molecule has 0 fully saturated rings. The molecule has 2 heterocycles. The van der Waals surface area contributed by atoms with Crippen molar-refractivity contribution in [3.05, 3.63) is 95.3 Å². The number of anilines is 1. The van der Waals surface area contributed by atoms with Crippen molar-refractivity contribution in [3.63, 3.8) is 0 Å². The topological polar surface area (TPSA) is 114 Å². The summed E-state index contributed by atoms with van der Waals surface area (Å²) in [5.41, 5.74) is 6.44. The highest BCUT2D eigenvalue weighted by Crippen LogP contribution is 2.42. The first-order valence-electron chi connectivity index (χ1n) is 14.2. The lowest BCUT2D eigenvalue weighted by Crippen LogP contribution is -2.35. The summed E-state index contributed by atoms with van der Waals surface area (Å²) in [6, 6.07) is 19.1. The Balaban J connectivity index is 1.24. The van der Waals surface area contributed by atoms with E-state index in [0.29, 0.717) is 38.1 Å². The maximum absolute atomic E-state index is 13.3. The quantitative estimate of drug-likeness (QED) is 0.225. The molecule has 0 saturated carbocycles. The van der Waals surface area contributed by atoms with E-state index >= 15 is 0 Å². The third kappa shape index (κ3) is 7.26. The monoisotopic (exact) mass is 598 g/mol. The van der Waals surface area contributed by atoms with Crippen LogP contribution in [-0.4, -0.2) is 58.1 Å². The Bertz CT molecular complexity index is 1650. The number of benzene rings is 3. The van der Waals surface area contributed by atoms with Gasteiger partial charge >= 0.3 is 5.97 Å². The van der Waals surface area contributed by atoms with E-state index in [1.165, 1.54) is 5.56 Å². The van der Waals surface area contributed by atoms with Gasteiger partial charge in [-0.05, 0) is 61.2 Å². The summed E-state index contributed by atoms with van der Waals surface area (Å²) >= 11 is 1.74. The number of ether oxygens (including phenoxy) is 1. The molecule has 1 aliphatic rings. The van der Waals surface area contributed by atoms with Crippen LogP contribution in [0.4, 0.5) is 5.69 Å². The number of thioether (sulfide) groups is 1. The third-order valence-corrected chi connectivity index (χ3v) is 8.48. The predicted molar refractivity (Wildman–Crippen MR) is 167 cm³/mol. The zero-order chi connectivity index (χ0) is 30.3. The van der Waals surface area contributed by atoms with E-state index in [1.807, 2.05) is 60.6 Å². The molecule has 0 aliphatic carbocycles. The van der Waals surface area contributed by atoms with Crippen molar-refractivity contribution >= 4 is 35.2 Å². The molecule has 43 heavy (non-hydrogen) atoms. The highest BCUT2D eigenvalue weighted by molar-refractivity contribution is 7.99. The number of amides is 2. The summed E-state index contributed by atoms with van der Waals surface area (Å²) in [5, 5.41) is 15.7. The number of carbonyl (C=O) groups is 3. The number of fused-ring (bicyclic) bond motifs is 1. The summed E-state index contributed by atoms with van der Waals surface area (Å²) in [6.45, 7) is 5.26. The van der Waals surface area contributed by atoms with Crippen LogP contribution < -0.4 is 15.0 Å². The van der Waals surface area contributed by atoms with E-state index < -0.39 is 18.4 Å². The molecule has 1 aliphatic heterocycles. The number of aromatic nitrogens is 2. The third-order valence-electron chi connectivity index (χ3n) is 7.37. The molecule has 0 saturated heterocycles. The van der Waals surface area contributed by atoms with Crippen LogP contribution in [0.15, 0.2) is 78.0 Å². The highest BCUT2D eigenvalue weighted by Gasteiger charge is 2.25. The number of hydrogen-bond acceptors (Lipinski definition) is 6. The minimum Gasteiger partial charge on any atom is -0.493 e. The number of nitrogens with zero attached hydrogens (tertiary/aromatic N) is 3. The second kappa shape index (κ2) is 13.6. The van der Waals surface area contributed by atoms with E-state index in [0.717, 1.165) is 44.3 Å². The van der Waals surface area contributed by atoms with Crippen LogP contribution >= 0.6 is 11.8 Å². The summed E-state index contributed by atoms with van der Waals surface area (Å²) in [5.74, 6) is 0.226. The maximum atomic E-state index is 13.3. The normalized spacial score (nSPS) is 12.5. The van der Waals surface area contributed by atoms with Gasteiger partial charge in [0.25, 0.3) is 5.91 Å². The van der Waals surface area contributed by atoms with Crippen LogP contribution in [0, 0.1) is 13.8 Å². The largest absolute Gasteiger partial charge is 0.493 e. The van der Waals surface area contributed by atoms with Crippen LogP contribution in [-0.2, 0) is 16.1 Å². The molecule has 10 heteroatoms. The van der Waals surface area contributed by atoms with Gasteiger partial charge in [0, 0.05) is 46.5 Å². The van der Waals surface area contributed by atoms with Crippen LogP contribution in [0.2, 0.25) is 0 Å². The number of aliphatic carboxylic acids is 1. The van der Waals surface area contributed by atoms with E-state index in [2.05, 4.69) is 23.4 Å². The number of carbonyl (C=O) groups excluding carboxylic acids is 2. The molecule has 2 N–H and O–H groups in total. The fourth-order valence-corrected chi connectivity index (χ4v) is 6.15. The molecule has 0 spiro atoms. The number of carboxylic acid groups (broad SMARTS) is 1. The van der Waals surface area contributed by atoms with Crippen molar-refractivity contribution < 1.29 is 24.2 Å². The van der Waals surface area contributed by atoms with Crippen LogP contribution in [0.1, 0.15) is 39.9 Å². The molecule has 2 amide bonds. The Morgan fingerprint density at radius 1 is 1.07 bits per heavy atom. The van der Waals surface area contributed by atoms with Crippen LogP contribution in [0.5, 0.6) is 5.75 Å². The molecular weight excluding hydrogens is 564 g/mol. The van der Waals surface area contributed by atoms with Gasteiger partial charge in [-0.3, -0.25) is 19.1 Å². The van der Waals surface area contributed by atoms with Gasteiger partial charge in [0.1, 0.15) is 12.3 Å². The molecule has 0 atom stereocenters. The molecule has 0 radical (unpaired) electrons. The Morgan fingerprint density at radius 3 is 2.72 bits per heavy atom. The Labute approximate surface area is 254 Å². The van der Waals surface area contributed by atoms with Crippen molar-refractivity contribution in [3.8, 4) is 16.9 Å². The zero-order valence-corrected chi connectivity index (χ0v) is 25.0. The van der Waals surface area contributed by atoms with Crippen molar-refractivity contribution in [1.82, 2.24) is 15.1 Å². The average Bonchev–Trinajstić information content (AvgIpc) is 3.47. The molecule has 9 nitrogen and oxygen atoms in total. The molecule has 0 unspecified atom stereocenters. The van der Waals surface area contributed by atoms with Gasteiger partial charge in [0.2, 0.25) is 5.91 Å². The maximum Gasteiger partial charge on any atom is 0.322 e. The van der Waals surface area contributed by atoms with Gasteiger partial charge in [0.15, 0.2) is 0 Å². The second-order valence-corrected chi connectivity index (χ2v) is 11.5. The minimum atomic E-state index is -1.10. The zero-order valence-electron chi connectivity index (χ0n) is 24.2. The summed E-state index contributed by atoms with van der Waals surface area (Å²) < 4.78 is 7.76. The van der Waals surface area contributed by atoms with E-state index in [1.54, 1.807) is 34.6 Å². The standard InChI is InChI=1S/C33H34N4O5S/c1-22-7-3-12-29(23(22)2)42-15-6-13-30(38)37-14-16-43-32-27(10-5-11-28(32)37)26-18-35-36(21-26)20-24-8-4-9-25(17-24)33(41)34-19-31(39)40/h3-5,7-12,17-18,21H,6,13-16,19-20H2,1-2H3,(H,34,41)(H,39,40). The molecule has 0 bridgehead atoms. The summed E-state index contributed by atoms with van der Waals surface area (Å²) in [4.78, 5) is 39.3. The second-order valence-electron chi connectivity index (χ2n) is 10.4. The number of hydrogen-bond donors (Lipinski definition) is 2. The Morgan fingerprint density at radius 2 is 1.88 bits per heavy atom. The van der Waals surface area contributed by atoms with Gasteiger partial charge in [-0.25, -0.2) is 0 Å². The number of rotatable bonds is 11. The Kier molecular flexibility index (Phi) is 9.46. The SMILES string of the molecule is Cc1cccc(OCCCC(=O)N2CCSc3c(-c4cnn(Cc5cccc(C(=O)NCC(=O)O)c5)c4)cccc32)c1C. The van der Waals surface area contributed by atoms with Gasteiger partial charge in [-0.15, -0.1) is 11.8 Å². The van der Waals surface area contributed by atoms with Crippen molar-refractivity contribution in [2.24, 2.45) is 0 Å². The lowest BCUT2D eigenvalue weighted by molar-refractivity contribution is -0.135. The summed E-state index contributed by atoms with van der Waals surface area (Å²) in [7, 11) is 0. The first-order valence-corrected chi connectivity index (χ1v) is 15.2. The van der Waals surface area contributed by atoms with Gasteiger partial charge < -0.3 is 20.1 Å². The lowest BCUT2D eigenvalue weighted by Gasteiger charge is -2.30. The lowest BCUT2D eigenvalue weighted by atomic mass is 10.1. The molecular formula is C33H34N4O5S. The van der Waals surface area contributed by atoms with Gasteiger partial charge in [0.05, 0.1) is 25.0 Å². The van der Waals surface area contributed by atoms with E-state index in [-0.39, 0.29) is 5.91 Å². The predicted octanol–water partition coefficient (Wildman–Crippen LogP) is 5.33. The van der Waals surface area contributed by atoms with Crippen molar-refractivity contribution in [1.29, 1.82) is 0 Å². The van der Waals surface area contributed by atoms with Gasteiger partial charge in [-0.1, -0.05) is 36.4 Å². The molecule has 3 aromatic carbocycles. The summed E-state index contributed by atoms with van der Waals surface area (Å²) in [6.07, 6.45) is 4.81. The number of nitrogens with one attached hydrogen (secondary N) is 1. The van der Waals surface area contributed by atoms with E-state index in [4.69, 9.17) is 9.84 Å². The fourth-order valence-electron chi connectivity index (χ4n) is 5.00. The van der Waals surface area contributed by atoms with Crippen molar-refractivity contribution in [2.75, 3.05) is 30.3 Å².